The van der Waals surface area contributed by atoms with E-state index >= 15 is 0 Å². The zero-order valence-corrected chi connectivity index (χ0v) is 16.8. The first-order chi connectivity index (χ1) is 12.8. The van der Waals surface area contributed by atoms with Gasteiger partial charge in [0.05, 0.1) is 36.0 Å². The lowest BCUT2D eigenvalue weighted by Crippen LogP contribution is -2.50. The highest BCUT2D eigenvalue weighted by Gasteiger charge is 2.67. The topological polar surface area (TPSA) is 84.0 Å². The monoisotopic (exact) mass is 396 g/mol. The number of hydrogen-bond acceptors (Lipinski definition) is 5. The van der Waals surface area contributed by atoms with Crippen LogP contribution in [0.25, 0.3) is 0 Å². The zero-order chi connectivity index (χ0) is 19.4. The third-order valence-corrected chi connectivity index (χ3v) is 8.36. The molecule has 0 aliphatic carbocycles. The average Bonchev–Trinajstić information content (AvgIpc) is 3.27. The highest BCUT2D eigenvalue weighted by molar-refractivity contribution is 7.91. The third-order valence-electron chi connectivity index (χ3n) is 6.75. The minimum Gasteiger partial charge on any atom is -0.360 e. The number of carbonyl (C=O) groups is 2. The van der Waals surface area contributed by atoms with Crippen LogP contribution in [0.5, 0.6) is 0 Å². The minimum absolute atomic E-state index is 0.00260. The van der Waals surface area contributed by atoms with Crippen molar-refractivity contribution in [3.8, 4) is 0 Å². The fraction of sp³-hybridized carbons (Fsp3) is 0.789. The Morgan fingerprint density at radius 3 is 2.59 bits per heavy atom. The summed E-state index contributed by atoms with van der Waals surface area (Å²) >= 11 is 0. The molecule has 4 aliphatic rings. The summed E-state index contributed by atoms with van der Waals surface area (Å²) in [6.45, 7) is 5.89. The van der Waals surface area contributed by atoms with Crippen LogP contribution in [-0.4, -0.2) is 79.4 Å². The van der Waals surface area contributed by atoms with Gasteiger partial charge in [-0.3, -0.25) is 9.59 Å². The van der Waals surface area contributed by atoms with Crippen LogP contribution < -0.4 is 0 Å². The molecule has 0 saturated carbocycles. The number of amides is 2. The lowest BCUT2D eigenvalue weighted by molar-refractivity contribution is -0.143. The van der Waals surface area contributed by atoms with E-state index in [0.29, 0.717) is 19.0 Å². The molecular formula is C19H28N2O5S. The number of hydrogen-bond donors (Lipinski definition) is 0. The van der Waals surface area contributed by atoms with Crippen molar-refractivity contribution < 1.29 is 22.7 Å². The van der Waals surface area contributed by atoms with Crippen molar-refractivity contribution >= 4 is 21.7 Å². The molecule has 1 spiro atoms. The van der Waals surface area contributed by atoms with E-state index in [2.05, 4.69) is 13.8 Å². The normalized spacial score (nSPS) is 36.7. The van der Waals surface area contributed by atoms with E-state index in [1.54, 1.807) is 4.90 Å². The molecule has 150 valence electrons. The predicted molar refractivity (Wildman–Crippen MR) is 99.6 cm³/mol. The largest absolute Gasteiger partial charge is 0.360 e. The van der Waals surface area contributed by atoms with E-state index in [1.165, 1.54) is 0 Å². The molecule has 2 amide bonds. The summed E-state index contributed by atoms with van der Waals surface area (Å²) in [7, 11) is -3.06. The van der Waals surface area contributed by atoms with E-state index in [-0.39, 0.29) is 42.5 Å². The van der Waals surface area contributed by atoms with Crippen molar-refractivity contribution in [1.82, 2.24) is 9.80 Å². The first-order valence-corrected chi connectivity index (χ1v) is 11.8. The van der Waals surface area contributed by atoms with Crippen molar-refractivity contribution in [3.63, 3.8) is 0 Å². The number of rotatable bonds is 5. The van der Waals surface area contributed by atoms with E-state index < -0.39 is 27.3 Å². The quantitative estimate of drug-likeness (QED) is 0.631. The molecule has 3 saturated heterocycles. The van der Waals surface area contributed by atoms with Gasteiger partial charge in [-0.15, -0.1) is 0 Å². The van der Waals surface area contributed by atoms with Gasteiger partial charge in [0.25, 0.3) is 0 Å². The summed E-state index contributed by atoms with van der Waals surface area (Å²) < 4.78 is 29.5. The molecular weight excluding hydrogens is 368 g/mol. The van der Waals surface area contributed by atoms with Crippen molar-refractivity contribution in [2.45, 2.75) is 38.4 Å². The molecule has 0 N–H and O–H groups in total. The Kier molecular flexibility index (Phi) is 4.62. The van der Waals surface area contributed by atoms with Gasteiger partial charge >= 0.3 is 0 Å². The molecule has 27 heavy (non-hydrogen) atoms. The van der Waals surface area contributed by atoms with E-state index in [0.717, 1.165) is 12.8 Å². The van der Waals surface area contributed by atoms with Gasteiger partial charge in [-0.2, -0.15) is 0 Å². The number of carbonyl (C=O) groups excluding carboxylic acids is 2. The second kappa shape index (κ2) is 6.58. The molecule has 4 aliphatic heterocycles. The predicted octanol–water partition coefficient (Wildman–Crippen LogP) is 0.462. The molecule has 0 unspecified atom stereocenters. The Balaban J connectivity index is 1.53. The Labute approximate surface area is 160 Å². The summed E-state index contributed by atoms with van der Waals surface area (Å²) in [4.78, 5) is 29.8. The molecule has 0 aromatic heterocycles. The van der Waals surface area contributed by atoms with Crippen LogP contribution in [0, 0.1) is 17.8 Å². The first kappa shape index (κ1) is 18.9. The number of sulfone groups is 1. The lowest BCUT2D eigenvalue weighted by Gasteiger charge is -2.32. The number of likely N-dealkylation sites (tertiary alicyclic amines) is 1. The maximum Gasteiger partial charge on any atom is 0.230 e. The molecule has 4 heterocycles. The summed E-state index contributed by atoms with van der Waals surface area (Å²) in [5, 5.41) is 0. The summed E-state index contributed by atoms with van der Waals surface area (Å²) in [5.41, 5.74) is -0.685. The highest BCUT2D eigenvalue weighted by atomic mass is 32.2. The fourth-order valence-corrected chi connectivity index (χ4v) is 6.22. The molecule has 3 fully saturated rings. The van der Waals surface area contributed by atoms with Gasteiger partial charge in [-0.25, -0.2) is 8.42 Å². The second-order valence-electron chi connectivity index (χ2n) is 8.28. The molecule has 0 aromatic rings. The standard InChI is InChI=1S/C19H28N2O5S/c1-3-13(4-2)11-21-12-19-6-5-14(26-19)15(16(19)18(21)23)17(22)20-7-9-27(24,25)10-8-20/h5-6,13-16H,3-4,7-12H2,1-2H3/t14-,15-,16+,19-/m0/s1. The van der Waals surface area contributed by atoms with Gasteiger partial charge in [-0.05, 0) is 5.92 Å². The van der Waals surface area contributed by atoms with Crippen LogP contribution in [0.3, 0.4) is 0 Å². The first-order valence-electron chi connectivity index (χ1n) is 9.95. The van der Waals surface area contributed by atoms with Crippen LogP contribution in [0.1, 0.15) is 26.7 Å². The van der Waals surface area contributed by atoms with Crippen LogP contribution >= 0.6 is 0 Å². The molecule has 7 nitrogen and oxygen atoms in total. The van der Waals surface area contributed by atoms with Crippen molar-refractivity contribution in [1.29, 1.82) is 0 Å². The van der Waals surface area contributed by atoms with Gasteiger partial charge in [0.2, 0.25) is 11.8 Å². The summed E-state index contributed by atoms with van der Waals surface area (Å²) in [6, 6.07) is 0. The molecule has 8 heteroatoms. The van der Waals surface area contributed by atoms with Crippen LogP contribution in [0.15, 0.2) is 12.2 Å². The Morgan fingerprint density at radius 1 is 1.30 bits per heavy atom. The second-order valence-corrected chi connectivity index (χ2v) is 10.6. The molecule has 4 rings (SSSR count). The van der Waals surface area contributed by atoms with Crippen LogP contribution in [0.4, 0.5) is 0 Å². The highest BCUT2D eigenvalue weighted by Crippen LogP contribution is 2.52. The van der Waals surface area contributed by atoms with Gasteiger partial charge in [-0.1, -0.05) is 38.8 Å². The average molecular weight is 397 g/mol. The summed E-state index contributed by atoms with van der Waals surface area (Å²) in [5.74, 6) is -0.690. The number of ether oxygens (including phenoxy) is 1. The molecule has 4 atom stereocenters. The van der Waals surface area contributed by atoms with Gasteiger partial charge < -0.3 is 14.5 Å². The summed E-state index contributed by atoms with van der Waals surface area (Å²) in [6.07, 6.45) is 5.54. The Hall–Kier alpha value is -1.41. The van der Waals surface area contributed by atoms with Crippen LogP contribution in [0.2, 0.25) is 0 Å². The maximum atomic E-state index is 13.2. The minimum atomic E-state index is -3.06. The van der Waals surface area contributed by atoms with Gasteiger partial charge in [0, 0.05) is 19.6 Å². The fourth-order valence-electron chi connectivity index (χ4n) is 5.02. The van der Waals surface area contributed by atoms with Gasteiger partial charge in [0.1, 0.15) is 5.60 Å². The number of fused-ring (bicyclic) bond motifs is 1. The van der Waals surface area contributed by atoms with E-state index in [1.807, 2.05) is 17.1 Å². The lowest BCUT2D eigenvalue weighted by atomic mass is 9.76. The molecule has 2 bridgehead atoms. The number of nitrogens with zero attached hydrogens (tertiary/aromatic N) is 2. The van der Waals surface area contributed by atoms with Gasteiger partial charge in [0.15, 0.2) is 9.84 Å². The zero-order valence-electron chi connectivity index (χ0n) is 16.0. The Morgan fingerprint density at radius 2 is 1.96 bits per heavy atom. The van der Waals surface area contributed by atoms with Crippen molar-refractivity contribution in [2.75, 3.05) is 37.7 Å². The maximum absolute atomic E-state index is 13.2. The Bertz CT molecular complexity index is 761. The SMILES string of the molecule is CCC(CC)CN1C[C@]23C=C[C@H](O2)[C@H](C(=O)N2CCS(=O)(=O)CC2)[C@@H]3C1=O. The van der Waals surface area contributed by atoms with E-state index in [4.69, 9.17) is 4.74 Å². The van der Waals surface area contributed by atoms with Crippen LogP contribution in [-0.2, 0) is 24.2 Å². The van der Waals surface area contributed by atoms with E-state index in [9.17, 15) is 18.0 Å². The third kappa shape index (κ3) is 3.01. The van der Waals surface area contributed by atoms with Crippen molar-refractivity contribution in [2.24, 2.45) is 17.8 Å². The molecule has 0 aromatic carbocycles. The molecule has 0 radical (unpaired) electrons. The smallest absolute Gasteiger partial charge is 0.230 e. The van der Waals surface area contributed by atoms with Crippen molar-refractivity contribution in [3.05, 3.63) is 12.2 Å².